The van der Waals surface area contributed by atoms with Gasteiger partial charge in [0, 0.05) is 23.6 Å². The molecule has 0 aliphatic heterocycles. The van der Waals surface area contributed by atoms with Crippen molar-refractivity contribution >= 4 is 17.6 Å². The molecule has 0 saturated carbocycles. The Kier molecular flexibility index (Phi) is 6.31. The van der Waals surface area contributed by atoms with E-state index in [1.165, 1.54) is 6.07 Å². The molecule has 162 valence electrons. The molecule has 1 N–H and O–H groups in total. The summed E-state index contributed by atoms with van der Waals surface area (Å²) < 4.78 is 18.0. The van der Waals surface area contributed by atoms with Crippen molar-refractivity contribution in [2.45, 2.75) is 12.6 Å². The van der Waals surface area contributed by atoms with E-state index in [1.807, 2.05) is 6.07 Å². The third kappa shape index (κ3) is 5.04. The number of carbonyl (C=O) groups is 2. The van der Waals surface area contributed by atoms with E-state index in [2.05, 4.69) is 10.4 Å². The molecular formula is C24H21N3O5. The van der Waals surface area contributed by atoms with Crippen LogP contribution < -0.4 is 10.1 Å². The van der Waals surface area contributed by atoms with Crippen LogP contribution >= 0.6 is 0 Å². The largest absolute Gasteiger partial charge is 0.497 e. The lowest BCUT2D eigenvalue weighted by molar-refractivity contribution is -0.125. The summed E-state index contributed by atoms with van der Waals surface area (Å²) >= 11 is 0. The van der Waals surface area contributed by atoms with E-state index >= 15 is 0 Å². The van der Waals surface area contributed by atoms with Gasteiger partial charge in [-0.25, -0.2) is 4.79 Å². The fraction of sp³-hybridized carbons (Fsp3) is 0.125. The van der Waals surface area contributed by atoms with Crippen molar-refractivity contribution in [3.8, 4) is 5.75 Å². The summed E-state index contributed by atoms with van der Waals surface area (Å²) in [6, 6.07) is 20.6. The van der Waals surface area contributed by atoms with Crippen molar-refractivity contribution in [2.75, 3.05) is 12.4 Å². The van der Waals surface area contributed by atoms with Crippen molar-refractivity contribution < 1.29 is 23.5 Å². The van der Waals surface area contributed by atoms with Gasteiger partial charge in [-0.2, -0.15) is 5.10 Å². The molecule has 32 heavy (non-hydrogen) atoms. The Labute approximate surface area is 184 Å². The fourth-order valence-corrected chi connectivity index (χ4v) is 3.07. The third-order valence-electron chi connectivity index (χ3n) is 4.66. The monoisotopic (exact) mass is 431 g/mol. The van der Waals surface area contributed by atoms with E-state index in [0.717, 1.165) is 0 Å². The average Bonchev–Trinajstić information content (AvgIpc) is 3.51. The lowest BCUT2D eigenvalue weighted by Gasteiger charge is -2.17. The Morgan fingerprint density at radius 3 is 2.50 bits per heavy atom. The number of furan rings is 1. The Bertz CT molecular complexity index is 1170. The number of rotatable bonds is 8. The number of anilines is 1. The van der Waals surface area contributed by atoms with Gasteiger partial charge in [-0.05, 0) is 42.5 Å². The van der Waals surface area contributed by atoms with Crippen molar-refractivity contribution in [2.24, 2.45) is 0 Å². The Hall–Kier alpha value is -4.33. The summed E-state index contributed by atoms with van der Waals surface area (Å²) in [4.78, 5) is 25.7. The van der Waals surface area contributed by atoms with Crippen molar-refractivity contribution in [1.29, 1.82) is 0 Å². The standard InChI is InChI=1S/C24H21N3O5/c1-30-19-10-8-18(9-11-19)26-23(28)22(17-6-3-2-4-7-17)32-24(29)21-13-12-20(31-21)16-27-15-5-14-25-27/h2-15,22H,16H2,1H3,(H,26,28). The van der Waals surface area contributed by atoms with Gasteiger partial charge in [-0.1, -0.05) is 30.3 Å². The lowest BCUT2D eigenvalue weighted by atomic mass is 10.1. The maximum absolute atomic E-state index is 13.0. The molecule has 4 rings (SSSR count). The van der Waals surface area contributed by atoms with Gasteiger partial charge in [0.25, 0.3) is 5.91 Å². The van der Waals surface area contributed by atoms with Crippen molar-refractivity contribution in [3.63, 3.8) is 0 Å². The van der Waals surface area contributed by atoms with Gasteiger partial charge in [-0.3, -0.25) is 9.48 Å². The Morgan fingerprint density at radius 2 is 1.81 bits per heavy atom. The van der Waals surface area contributed by atoms with Crippen LogP contribution in [0.3, 0.4) is 0 Å². The van der Waals surface area contributed by atoms with Crippen LogP contribution in [0.2, 0.25) is 0 Å². The molecule has 0 bridgehead atoms. The van der Waals surface area contributed by atoms with E-state index in [0.29, 0.717) is 29.3 Å². The number of ether oxygens (including phenoxy) is 2. The van der Waals surface area contributed by atoms with E-state index < -0.39 is 18.0 Å². The topological polar surface area (TPSA) is 95.6 Å². The quantitative estimate of drug-likeness (QED) is 0.423. The molecule has 2 aromatic heterocycles. The Morgan fingerprint density at radius 1 is 1.03 bits per heavy atom. The van der Waals surface area contributed by atoms with Gasteiger partial charge in [0.05, 0.1) is 13.7 Å². The van der Waals surface area contributed by atoms with Gasteiger partial charge in [0.2, 0.25) is 11.9 Å². The minimum Gasteiger partial charge on any atom is -0.497 e. The van der Waals surface area contributed by atoms with Crippen LogP contribution in [-0.2, 0) is 16.1 Å². The zero-order valence-electron chi connectivity index (χ0n) is 17.3. The Balaban J connectivity index is 1.49. The zero-order valence-corrected chi connectivity index (χ0v) is 17.3. The first-order valence-electron chi connectivity index (χ1n) is 9.89. The summed E-state index contributed by atoms with van der Waals surface area (Å²) in [5.74, 6) is -0.0174. The second-order valence-corrected chi connectivity index (χ2v) is 6.88. The number of benzene rings is 2. The summed E-state index contributed by atoms with van der Waals surface area (Å²) in [6.45, 7) is 0.375. The highest BCUT2D eigenvalue weighted by Gasteiger charge is 2.27. The van der Waals surface area contributed by atoms with Gasteiger partial charge in [-0.15, -0.1) is 0 Å². The number of methoxy groups -OCH3 is 1. The number of amides is 1. The maximum atomic E-state index is 13.0. The predicted octanol–water partition coefficient (Wildman–Crippen LogP) is 4.07. The molecule has 0 spiro atoms. The van der Waals surface area contributed by atoms with Crippen LogP contribution in [0.5, 0.6) is 5.75 Å². The van der Waals surface area contributed by atoms with Gasteiger partial charge in [0.1, 0.15) is 11.5 Å². The highest BCUT2D eigenvalue weighted by molar-refractivity contribution is 5.97. The minimum absolute atomic E-state index is 0.00494. The number of hydrogen-bond acceptors (Lipinski definition) is 6. The molecule has 2 heterocycles. The summed E-state index contributed by atoms with van der Waals surface area (Å²) in [5.41, 5.74) is 1.09. The maximum Gasteiger partial charge on any atom is 0.375 e. The number of esters is 1. The second-order valence-electron chi connectivity index (χ2n) is 6.88. The highest BCUT2D eigenvalue weighted by atomic mass is 16.6. The SMILES string of the molecule is COc1ccc(NC(=O)C(OC(=O)c2ccc(Cn3cccn3)o2)c2ccccc2)cc1. The zero-order chi connectivity index (χ0) is 22.3. The molecule has 0 radical (unpaired) electrons. The molecule has 4 aromatic rings. The summed E-state index contributed by atoms with van der Waals surface area (Å²) in [7, 11) is 1.56. The predicted molar refractivity (Wildman–Crippen MR) is 116 cm³/mol. The number of aromatic nitrogens is 2. The fourth-order valence-electron chi connectivity index (χ4n) is 3.07. The van der Waals surface area contributed by atoms with Crippen LogP contribution in [0.15, 0.2) is 89.6 Å². The number of hydrogen-bond donors (Lipinski definition) is 1. The molecule has 8 heteroatoms. The first-order chi connectivity index (χ1) is 15.6. The highest BCUT2D eigenvalue weighted by Crippen LogP contribution is 2.23. The molecule has 0 fully saturated rings. The molecule has 0 saturated heterocycles. The molecule has 0 aliphatic rings. The van der Waals surface area contributed by atoms with Gasteiger partial charge < -0.3 is 19.2 Å². The van der Waals surface area contributed by atoms with E-state index in [1.54, 1.807) is 84.8 Å². The van der Waals surface area contributed by atoms with E-state index in [9.17, 15) is 9.59 Å². The van der Waals surface area contributed by atoms with Crippen LogP contribution in [0.25, 0.3) is 0 Å². The normalized spacial score (nSPS) is 11.5. The van der Waals surface area contributed by atoms with Crippen LogP contribution in [-0.4, -0.2) is 28.8 Å². The van der Waals surface area contributed by atoms with Gasteiger partial charge >= 0.3 is 5.97 Å². The number of nitrogens with one attached hydrogen (secondary N) is 1. The summed E-state index contributed by atoms with van der Waals surface area (Å²) in [6.07, 6.45) is 2.28. The molecule has 1 unspecified atom stereocenters. The third-order valence-corrected chi connectivity index (χ3v) is 4.66. The molecule has 8 nitrogen and oxygen atoms in total. The molecular weight excluding hydrogens is 410 g/mol. The van der Waals surface area contributed by atoms with Crippen LogP contribution in [0.1, 0.15) is 28.0 Å². The first-order valence-corrected chi connectivity index (χ1v) is 9.89. The minimum atomic E-state index is -1.16. The number of carbonyl (C=O) groups excluding carboxylic acids is 2. The van der Waals surface area contributed by atoms with E-state index in [-0.39, 0.29) is 5.76 Å². The second kappa shape index (κ2) is 9.65. The smallest absolute Gasteiger partial charge is 0.375 e. The van der Waals surface area contributed by atoms with Crippen LogP contribution in [0, 0.1) is 0 Å². The first kappa shape index (κ1) is 20.9. The number of nitrogens with zero attached hydrogens (tertiary/aromatic N) is 2. The van der Waals surface area contributed by atoms with Crippen molar-refractivity contribution in [1.82, 2.24) is 9.78 Å². The molecule has 1 amide bonds. The molecule has 0 aliphatic carbocycles. The lowest BCUT2D eigenvalue weighted by Crippen LogP contribution is -2.25. The average molecular weight is 431 g/mol. The molecule has 2 aromatic carbocycles. The summed E-state index contributed by atoms with van der Waals surface area (Å²) in [5, 5.41) is 6.88. The molecule has 1 atom stereocenters. The van der Waals surface area contributed by atoms with E-state index in [4.69, 9.17) is 13.9 Å². The van der Waals surface area contributed by atoms with Gasteiger partial charge in [0.15, 0.2) is 0 Å². The van der Waals surface area contributed by atoms with Crippen LogP contribution in [0.4, 0.5) is 5.69 Å². The van der Waals surface area contributed by atoms with Crippen molar-refractivity contribution in [3.05, 3.63) is 102 Å².